The summed E-state index contributed by atoms with van der Waals surface area (Å²) < 4.78 is 5.77. The molecule has 1 N–H and O–H groups in total. The van der Waals surface area contributed by atoms with Crippen molar-refractivity contribution in [2.45, 2.75) is 6.54 Å². The molecule has 1 aromatic heterocycles. The molecule has 5 heteroatoms. The van der Waals surface area contributed by atoms with Gasteiger partial charge in [-0.15, -0.1) is 0 Å². The SMILES string of the molecule is O=C(c1cc(Oc2ccccc2)ccn1)N(CCO)Cc1ccccc1. The third-order valence-electron chi connectivity index (χ3n) is 3.80. The highest BCUT2D eigenvalue weighted by molar-refractivity contribution is 5.92. The zero-order chi connectivity index (χ0) is 18.2. The van der Waals surface area contributed by atoms with Gasteiger partial charge in [0.05, 0.1) is 6.61 Å². The second kappa shape index (κ2) is 8.78. The Hall–Kier alpha value is -3.18. The summed E-state index contributed by atoms with van der Waals surface area (Å²) >= 11 is 0. The first-order valence-corrected chi connectivity index (χ1v) is 8.39. The van der Waals surface area contributed by atoms with Crippen LogP contribution in [0.4, 0.5) is 0 Å². The molecule has 1 heterocycles. The van der Waals surface area contributed by atoms with Crippen molar-refractivity contribution in [3.05, 3.63) is 90.3 Å². The van der Waals surface area contributed by atoms with E-state index in [0.717, 1.165) is 5.56 Å². The van der Waals surface area contributed by atoms with Crippen LogP contribution in [0.15, 0.2) is 79.0 Å². The minimum Gasteiger partial charge on any atom is -0.457 e. The number of nitrogens with zero attached hydrogens (tertiary/aromatic N) is 2. The monoisotopic (exact) mass is 348 g/mol. The number of amides is 1. The fraction of sp³-hybridized carbons (Fsp3) is 0.143. The third-order valence-corrected chi connectivity index (χ3v) is 3.80. The summed E-state index contributed by atoms with van der Waals surface area (Å²) in [6.07, 6.45) is 1.55. The summed E-state index contributed by atoms with van der Waals surface area (Å²) in [5.41, 5.74) is 1.27. The molecule has 0 saturated carbocycles. The van der Waals surface area contributed by atoms with Gasteiger partial charge in [-0.1, -0.05) is 48.5 Å². The summed E-state index contributed by atoms with van der Waals surface area (Å²) in [6, 6.07) is 22.3. The molecule has 0 aliphatic carbocycles. The van der Waals surface area contributed by atoms with E-state index in [0.29, 0.717) is 18.0 Å². The number of para-hydroxylation sites is 1. The van der Waals surface area contributed by atoms with Crippen molar-refractivity contribution in [2.75, 3.05) is 13.2 Å². The number of hydrogen-bond acceptors (Lipinski definition) is 4. The van der Waals surface area contributed by atoms with Crippen LogP contribution in [0.1, 0.15) is 16.1 Å². The van der Waals surface area contributed by atoms with Crippen LogP contribution in [0.3, 0.4) is 0 Å². The highest BCUT2D eigenvalue weighted by Crippen LogP contribution is 2.21. The van der Waals surface area contributed by atoms with Crippen LogP contribution >= 0.6 is 0 Å². The first-order valence-electron chi connectivity index (χ1n) is 8.39. The molecule has 0 aliphatic rings. The smallest absolute Gasteiger partial charge is 0.272 e. The van der Waals surface area contributed by atoms with E-state index in [1.165, 1.54) is 0 Å². The van der Waals surface area contributed by atoms with E-state index in [1.54, 1.807) is 23.2 Å². The maximum atomic E-state index is 12.8. The van der Waals surface area contributed by atoms with Gasteiger partial charge in [-0.3, -0.25) is 9.78 Å². The number of carbonyl (C=O) groups is 1. The Morgan fingerprint density at radius 2 is 1.65 bits per heavy atom. The minimum absolute atomic E-state index is 0.112. The van der Waals surface area contributed by atoms with Gasteiger partial charge < -0.3 is 14.7 Å². The highest BCUT2D eigenvalue weighted by atomic mass is 16.5. The largest absolute Gasteiger partial charge is 0.457 e. The molecular formula is C21H20N2O3. The lowest BCUT2D eigenvalue weighted by Crippen LogP contribution is -2.33. The second-order valence-electron chi connectivity index (χ2n) is 5.73. The molecule has 0 saturated heterocycles. The van der Waals surface area contributed by atoms with E-state index >= 15 is 0 Å². The van der Waals surface area contributed by atoms with E-state index < -0.39 is 0 Å². The zero-order valence-electron chi connectivity index (χ0n) is 14.3. The quantitative estimate of drug-likeness (QED) is 0.710. The Balaban J connectivity index is 1.77. The van der Waals surface area contributed by atoms with Crippen LogP contribution in [0.2, 0.25) is 0 Å². The Morgan fingerprint density at radius 1 is 0.962 bits per heavy atom. The lowest BCUT2D eigenvalue weighted by Gasteiger charge is -2.21. The van der Waals surface area contributed by atoms with Crippen molar-refractivity contribution in [2.24, 2.45) is 0 Å². The molecule has 3 aromatic rings. The molecule has 0 bridgehead atoms. The molecule has 3 rings (SSSR count). The van der Waals surface area contributed by atoms with E-state index in [2.05, 4.69) is 4.98 Å². The van der Waals surface area contributed by atoms with Crippen molar-refractivity contribution in [1.29, 1.82) is 0 Å². The molecule has 26 heavy (non-hydrogen) atoms. The van der Waals surface area contributed by atoms with E-state index in [9.17, 15) is 9.90 Å². The lowest BCUT2D eigenvalue weighted by molar-refractivity contribution is 0.0701. The number of benzene rings is 2. The predicted octanol–water partition coefficient (Wildman–Crippen LogP) is 3.51. The molecule has 132 valence electrons. The Bertz CT molecular complexity index is 838. The van der Waals surface area contributed by atoms with Crippen molar-refractivity contribution in [3.63, 3.8) is 0 Å². The van der Waals surface area contributed by atoms with E-state index in [-0.39, 0.29) is 24.8 Å². The molecule has 0 radical (unpaired) electrons. The van der Waals surface area contributed by atoms with Crippen molar-refractivity contribution < 1.29 is 14.6 Å². The summed E-state index contributed by atoms with van der Waals surface area (Å²) in [5.74, 6) is 0.980. The average molecular weight is 348 g/mol. The Kier molecular flexibility index (Phi) is 5.96. The van der Waals surface area contributed by atoms with E-state index in [4.69, 9.17) is 4.74 Å². The summed E-state index contributed by atoms with van der Waals surface area (Å²) in [4.78, 5) is 18.6. The summed E-state index contributed by atoms with van der Waals surface area (Å²) in [7, 11) is 0. The van der Waals surface area contributed by atoms with E-state index in [1.807, 2.05) is 60.7 Å². The van der Waals surface area contributed by atoms with Gasteiger partial charge in [0.15, 0.2) is 0 Å². The molecule has 0 atom stereocenters. The maximum Gasteiger partial charge on any atom is 0.272 e. The molecule has 5 nitrogen and oxygen atoms in total. The number of aliphatic hydroxyl groups is 1. The highest BCUT2D eigenvalue weighted by Gasteiger charge is 2.18. The first-order chi connectivity index (χ1) is 12.8. The lowest BCUT2D eigenvalue weighted by atomic mass is 10.2. The summed E-state index contributed by atoms with van der Waals surface area (Å²) in [6.45, 7) is 0.531. The first kappa shape index (κ1) is 17.6. The normalized spacial score (nSPS) is 10.3. The standard InChI is InChI=1S/C21H20N2O3/c24-14-13-23(16-17-7-3-1-4-8-17)21(25)20-15-19(11-12-22-20)26-18-9-5-2-6-10-18/h1-12,15,24H,13-14,16H2. The van der Waals surface area contributed by atoms with Crippen LogP contribution < -0.4 is 4.74 Å². The Morgan fingerprint density at radius 3 is 2.35 bits per heavy atom. The van der Waals surface area contributed by atoms with Gasteiger partial charge in [0.2, 0.25) is 0 Å². The third kappa shape index (κ3) is 4.68. The number of ether oxygens (including phenoxy) is 1. The van der Waals surface area contributed by atoms with Crippen LogP contribution in [0.5, 0.6) is 11.5 Å². The fourth-order valence-corrected chi connectivity index (χ4v) is 2.56. The topological polar surface area (TPSA) is 62.7 Å². The Labute approximate surface area is 152 Å². The van der Waals surface area contributed by atoms with Crippen molar-refractivity contribution in [1.82, 2.24) is 9.88 Å². The molecular weight excluding hydrogens is 328 g/mol. The van der Waals surface area contributed by atoms with Gasteiger partial charge in [0.1, 0.15) is 17.2 Å². The molecule has 2 aromatic carbocycles. The van der Waals surface area contributed by atoms with Crippen molar-refractivity contribution >= 4 is 5.91 Å². The number of pyridine rings is 1. The van der Waals surface area contributed by atoms with Gasteiger partial charge in [-0.05, 0) is 23.8 Å². The molecule has 0 aliphatic heterocycles. The number of rotatable bonds is 7. The van der Waals surface area contributed by atoms with Crippen LogP contribution in [0.25, 0.3) is 0 Å². The maximum absolute atomic E-state index is 12.8. The number of hydrogen-bond donors (Lipinski definition) is 1. The second-order valence-corrected chi connectivity index (χ2v) is 5.73. The van der Waals surface area contributed by atoms with Gasteiger partial charge >= 0.3 is 0 Å². The van der Waals surface area contributed by atoms with Gasteiger partial charge in [0.25, 0.3) is 5.91 Å². The molecule has 1 amide bonds. The molecule has 0 spiro atoms. The summed E-state index contributed by atoms with van der Waals surface area (Å²) in [5, 5.41) is 9.32. The zero-order valence-corrected chi connectivity index (χ0v) is 14.3. The van der Waals surface area contributed by atoms with Crippen molar-refractivity contribution in [3.8, 4) is 11.5 Å². The average Bonchev–Trinajstić information content (AvgIpc) is 2.69. The molecule has 0 fully saturated rings. The number of carbonyl (C=O) groups excluding carboxylic acids is 1. The fourth-order valence-electron chi connectivity index (χ4n) is 2.56. The molecule has 0 unspecified atom stereocenters. The van der Waals surface area contributed by atoms with Gasteiger partial charge in [0, 0.05) is 25.4 Å². The minimum atomic E-state index is -0.249. The van der Waals surface area contributed by atoms with Crippen LogP contribution in [-0.2, 0) is 6.54 Å². The van der Waals surface area contributed by atoms with Crippen LogP contribution in [-0.4, -0.2) is 34.0 Å². The van der Waals surface area contributed by atoms with Gasteiger partial charge in [-0.25, -0.2) is 0 Å². The van der Waals surface area contributed by atoms with Gasteiger partial charge in [-0.2, -0.15) is 0 Å². The number of aromatic nitrogens is 1. The number of aliphatic hydroxyl groups excluding tert-OH is 1. The van der Waals surface area contributed by atoms with Crippen LogP contribution in [0, 0.1) is 0 Å². The predicted molar refractivity (Wildman–Crippen MR) is 99.0 cm³/mol.